The van der Waals surface area contributed by atoms with Crippen LogP contribution in [0.15, 0.2) is 27.6 Å². The third-order valence-electron chi connectivity index (χ3n) is 4.69. The third-order valence-corrected chi connectivity index (χ3v) is 4.69. The number of nitrogens with zero attached hydrogens (tertiary/aromatic N) is 2. The number of hydrogen-bond donors (Lipinski definition) is 2. The molecule has 2 heterocycles. The molecule has 1 aliphatic heterocycles. The van der Waals surface area contributed by atoms with E-state index in [4.69, 9.17) is 5.73 Å². The molecule has 0 spiro atoms. The summed E-state index contributed by atoms with van der Waals surface area (Å²) >= 11 is 0. The minimum atomic E-state index is -4.69. The Hall–Kier alpha value is -2.92. The molecule has 3 rings (SSSR count). The second kappa shape index (κ2) is 7.40. The van der Waals surface area contributed by atoms with Crippen molar-refractivity contribution >= 4 is 11.7 Å². The fourth-order valence-electron chi connectivity index (χ4n) is 3.09. The van der Waals surface area contributed by atoms with E-state index >= 15 is 0 Å². The van der Waals surface area contributed by atoms with Crippen LogP contribution in [0.5, 0.6) is 0 Å². The fourth-order valence-corrected chi connectivity index (χ4v) is 3.09. The van der Waals surface area contributed by atoms with Crippen LogP contribution >= 0.6 is 0 Å². The first-order valence-electron chi connectivity index (χ1n) is 8.77. The van der Waals surface area contributed by atoms with Crippen molar-refractivity contribution in [1.82, 2.24) is 4.98 Å². The van der Waals surface area contributed by atoms with Crippen molar-refractivity contribution in [3.63, 3.8) is 0 Å². The van der Waals surface area contributed by atoms with E-state index < -0.39 is 47.4 Å². The van der Waals surface area contributed by atoms with Crippen molar-refractivity contribution in [3.8, 4) is 0 Å². The maximum atomic E-state index is 14.5. The lowest BCUT2D eigenvalue weighted by Gasteiger charge is -2.37. The number of anilines is 1. The Kier molecular flexibility index (Phi) is 5.37. The lowest BCUT2D eigenvalue weighted by molar-refractivity contribution is -0.154. The first-order valence-corrected chi connectivity index (χ1v) is 8.77. The maximum Gasteiger partial charge on any atom is 0.451 e. The van der Waals surface area contributed by atoms with Gasteiger partial charge >= 0.3 is 12.1 Å². The molecular weight excluding hydrogens is 418 g/mol. The quantitative estimate of drug-likeness (QED) is 0.693. The lowest BCUT2D eigenvalue weighted by Crippen LogP contribution is -2.51. The summed E-state index contributed by atoms with van der Waals surface area (Å²) in [6.45, 7) is 1.21. The van der Waals surface area contributed by atoms with Crippen LogP contribution in [0.4, 0.5) is 32.0 Å². The van der Waals surface area contributed by atoms with Gasteiger partial charge in [0.05, 0.1) is 5.69 Å². The van der Waals surface area contributed by atoms with Gasteiger partial charge in [-0.15, -0.1) is 0 Å². The molecule has 1 atom stereocenters. The average Bonchev–Trinajstić information content (AvgIpc) is 3.01. The SMILES string of the molecule is Cc1nc(CCNc2ccc(F)c([C@@]3(C)N=C(N)OCC3(F)F)c2)c(C(F)(F)F)o1. The number of nitrogens with one attached hydrogen (secondary N) is 1. The molecule has 30 heavy (non-hydrogen) atoms. The number of oxazole rings is 1. The van der Waals surface area contributed by atoms with E-state index in [1.165, 1.54) is 13.0 Å². The monoisotopic (exact) mass is 436 g/mol. The third kappa shape index (κ3) is 4.03. The molecule has 12 heteroatoms. The summed E-state index contributed by atoms with van der Waals surface area (Å²) in [6, 6.07) is 2.85. The summed E-state index contributed by atoms with van der Waals surface area (Å²) in [5.74, 6) is -5.81. The molecule has 0 bridgehead atoms. The summed E-state index contributed by atoms with van der Waals surface area (Å²) in [6.07, 6.45) is -4.86. The number of ether oxygens (including phenoxy) is 1. The van der Waals surface area contributed by atoms with Crippen molar-refractivity contribution in [2.45, 2.75) is 37.9 Å². The molecule has 0 amide bonds. The molecule has 0 radical (unpaired) electrons. The van der Waals surface area contributed by atoms with Crippen LogP contribution in [-0.2, 0) is 22.9 Å². The molecule has 1 aromatic heterocycles. The molecule has 3 N–H and O–H groups in total. The largest absolute Gasteiger partial charge is 0.459 e. The van der Waals surface area contributed by atoms with Crippen molar-refractivity contribution in [2.75, 3.05) is 18.5 Å². The van der Waals surface area contributed by atoms with E-state index in [9.17, 15) is 26.3 Å². The molecule has 0 aliphatic carbocycles. The van der Waals surface area contributed by atoms with Gasteiger partial charge in [0.1, 0.15) is 5.82 Å². The van der Waals surface area contributed by atoms with Crippen LogP contribution in [-0.4, -0.2) is 30.1 Å². The van der Waals surface area contributed by atoms with Gasteiger partial charge in [-0.05, 0) is 25.1 Å². The van der Waals surface area contributed by atoms with E-state index in [0.717, 1.165) is 19.1 Å². The Balaban J connectivity index is 1.81. The lowest BCUT2D eigenvalue weighted by atomic mass is 9.85. The van der Waals surface area contributed by atoms with Gasteiger partial charge in [-0.25, -0.2) is 14.4 Å². The van der Waals surface area contributed by atoms with Crippen molar-refractivity contribution in [2.24, 2.45) is 10.7 Å². The highest BCUT2D eigenvalue weighted by molar-refractivity contribution is 5.73. The summed E-state index contributed by atoms with van der Waals surface area (Å²) in [5, 5.41) is 2.77. The first-order chi connectivity index (χ1) is 13.8. The number of rotatable bonds is 5. The Bertz CT molecular complexity index is 972. The van der Waals surface area contributed by atoms with Gasteiger partial charge in [-0.1, -0.05) is 0 Å². The predicted molar refractivity (Wildman–Crippen MR) is 94.7 cm³/mol. The highest BCUT2D eigenvalue weighted by Crippen LogP contribution is 2.44. The second-order valence-corrected chi connectivity index (χ2v) is 6.89. The van der Waals surface area contributed by atoms with E-state index in [0.29, 0.717) is 0 Å². The van der Waals surface area contributed by atoms with Crippen molar-refractivity contribution in [3.05, 3.63) is 46.9 Å². The average molecular weight is 436 g/mol. The Morgan fingerprint density at radius 1 is 1.27 bits per heavy atom. The van der Waals surface area contributed by atoms with E-state index in [1.54, 1.807) is 0 Å². The number of hydrogen-bond acceptors (Lipinski definition) is 6. The molecule has 0 fully saturated rings. The van der Waals surface area contributed by atoms with Gasteiger partial charge in [0.25, 0.3) is 6.02 Å². The molecule has 1 aliphatic rings. The minimum absolute atomic E-state index is 0.0399. The highest BCUT2D eigenvalue weighted by Gasteiger charge is 2.56. The topological polar surface area (TPSA) is 85.7 Å². The number of amidine groups is 1. The van der Waals surface area contributed by atoms with Gasteiger partial charge < -0.3 is 20.2 Å². The number of aryl methyl sites for hydroxylation is 1. The molecule has 2 aromatic rings. The summed E-state index contributed by atoms with van der Waals surface area (Å²) in [4.78, 5) is 7.34. The number of aliphatic imine (C=N–C) groups is 1. The van der Waals surface area contributed by atoms with Gasteiger partial charge in [0, 0.05) is 31.1 Å². The normalized spacial score (nSPS) is 21.1. The fraction of sp³-hybridized carbons (Fsp3) is 0.444. The van der Waals surface area contributed by atoms with E-state index in [1.807, 2.05) is 0 Å². The molecular formula is C18H18F6N4O2. The van der Waals surface area contributed by atoms with Crippen LogP contribution in [0.25, 0.3) is 0 Å². The zero-order chi connectivity index (χ0) is 22.3. The molecule has 0 saturated carbocycles. The highest BCUT2D eigenvalue weighted by atomic mass is 19.4. The van der Waals surface area contributed by atoms with Gasteiger partial charge in [-0.3, -0.25) is 0 Å². The number of aromatic nitrogens is 1. The molecule has 164 valence electrons. The summed E-state index contributed by atoms with van der Waals surface area (Å²) in [7, 11) is 0. The summed E-state index contributed by atoms with van der Waals surface area (Å²) in [5.41, 5.74) is 2.56. The molecule has 6 nitrogen and oxygen atoms in total. The Labute approximate surface area is 167 Å². The van der Waals surface area contributed by atoms with Gasteiger partial charge in [-0.2, -0.15) is 22.0 Å². The van der Waals surface area contributed by atoms with Crippen molar-refractivity contribution < 1.29 is 35.5 Å². The van der Waals surface area contributed by atoms with E-state index in [2.05, 4.69) is 24.4 Å². The molecule has 1 aromatic carbocycles. The first kappa shape index (κ1) is 21.8. The number of halogens is 6. The van der Waals surface area contributed by atoms with E-state index in [-0.39, 0.29) is 30.2 Å². The van der Waals surface area contributed by atoms with Gasteiger partial charge in [0.15, 0.2) is 18.0 Å². The van der Waals surface area contributed by atoms with Crippen LogP contribution in [0.3, 0.4) is 0 Å². The number of nitrogens with two attached hydrogens (primary N) is 1. The molecule has 0 unspecified atom stereocenters. The van der Waals surface area contributed by atoms with Crippen LogP contribution in [0, 0.1) is 12.7 Å². The number of benzene rings is 1. The summed E-state index contributed by atoms with van der Waals surface area (Å²) < 4.78 is 91.4. The Morgan fingerprint density at radius 3 is 2.63 bits per heavy atom. The predicted octanol–water partition coefficient (Wildman–Crippen LogP) is 3.99. The van der Waals surface area contributed by atoms with Crippen molar-refractivity contribution in [1.29, 1.82) is 0 Å². The number of alkyl halides is 5. The smallest absolute Gasteiger partial charge is 0.451 e. The minimum Gasteiger partial charge on any atom is -0.459 e. The van der Waals surface area contributed by atoms with Crippen LogP contribution in [0.1, 0.15) is 29.8 Å². The zero-order valence-corrected chi connectivity index (χ0v) is 15.9. The molecule has 0 saturated heterocycles. The standard InChI is InChI=1S/C18H18F6N4O2/c1-9-27-13(14(30-9)18(22,23)24)5-6-26-10-3-4-12(19)11(7-10)16(2)17(20,21)8-29-15(25)28-16/h3-4,7,26H,5-6,8H2,1-2H3,(H2,25,28)/t16-/m1/s1. The Morgan fingerprint density at radius 2 is 1.97 bits per heavy atom. The second-order valence-electron chi connectivity index (χ2n) is 6.89. The van der Waals surface area contributed by atoms with Crippen LogP contribution in [0.2, 0.25) is 0 Å². The zero-order valence-electron chi connectivity index (χ0n) is 15.9. The van der Waals surface area contributed by atoms with Gasteiger partial charge in [0.2, 0.25) is 5.76 Å². The van der Waals surface area contributed by atoms with Crippen LogP contribution < -0.4 is 11.1 Å². The maximum absolute atomic E-state index is 14.5.